The zero-order valence-corrected chi connectivity index (χ0v) is 11.9. The molecule has 0 atom stereocenters. The van der Waals surface area contributed by atoms with Gasteiger partial charge in [-0.1, -0.05) is 19.3 Å². The smallest absolute Gasteiger partial charge is 0.249 e. The molecule has 2 rings (SSSR count). The average molecular weight is 252 g/mol. The number of hydrogen-bond acceptors (Lipinski definition) is 2. The van der Waals surface area contributed by atoms with Crippen molar-refractivity contribution in [1.82, 2.24) is 10.2 Å². The molecule has 4 heteroatoms. The normalized spacial score (nSPS) is 26.6. The summed E-state index contributed by atoms with van der Waals surface area (Å²) < 4.78 is 0. The summed E-state index contributed by atoms with van der Waals surface area (Å²) >= 11 is 0. The number of rotatable bonds is 1. The van der Waals surface area contributed by atoms with Crippen molar-refractivity contribution in [3.05, 3.63) is 0 Å². The fraction of sp³-hybridized carbons (Fsp3) is 0.857. The highest BCUT2D eigenvalue weighted by Crippen LogP contribution is 2.36. The summed E-state index contributed by atoms with van der Waals surface area (Å²) in [6, 6.07) is 0.0531. The Balaban J connectivity index is 2.38. The number of carbonyl (C=O) groups excluding carboxylic acids is 2. The Kier molecular flexibility index (Phi) is 3.16. The fourth-order valence-corrected chi connectivity index (χ4v) is 3.39. The molecule has 1 aliphatic carbocycles. The monoisotopic (exact) mass is 252 g/mol. The first-order valence-electron chi connectivity index (χ1n) is 6.98. The molecular formula is C14H24N2O2. The summed E-state index contributed by atoms with van der Waals surface area (Å²) in [7, 11) is 0. The van der Waals surface area contributed by atoms with Crippen LogP contribution >= 0.6 is 0 Å². The van der Waals surface area contributed by atoms with E-state index in [1.54, 1.807) is 4.90 Å². The first-order valence-corrected chi connectivity index (χ1v) is 6.98. The lowest BCUT2D eigenvalue weighted by molar-refractivity contribution is -0.165. The molecular weight excluding hydrogens is 228 g/mol. The molecule has 0 radical (unpaired) electrons. The number of hydrogen-bond donors (Lipinski definition) is 1. The van der Waals surface area contributed by atoms with Crippen molar-refractivity contribution in [2.45, 2.75) is 76.9 Å². The third-order valence-corrected chi connectivity index (χ3v) is 4.36. The van der Waals surface area contributed by atoms with Crippen LogP contribution in [0.25, 0.3) is 0 Å². The SMILES string of the molecule is CC(C)N1C(=O)C2(CCCCC2)NC(=O)C1(C)C. The minimum atomic E-state index is -0.742. The van der Waals surface area contributed by atoms with E-state index in [0.29, 0.717) is 0 Å². The van der Waals surface area contributed by atoms with Gasteiger partial charge in [0.1, 0.15) is 11.1 Å². The molecule has 1 heterocycles. The molecule has 1 saturated carbocycles. The van der Waals surface area contributed by atoms with Crippen LogP contribution in [0.5, 0.6) is 0 Å². The lowest BCUT2D eigenvalue weighted by atomic mass is 9.76. The average Bonchev–Trinajstić information content (AvgIpc) is 2.27. The molecule has 1 saturated heterocycles. The van der Waals surface area contributed by atoms with E-state index < -0.39 is 11.1 Å². The molecule has 0 bridgehead atoms. The Morgan fingerprint density at radius 1 is 1.11 bits per heavy atom. The second-order valence-electron chi connectivity index (χ2n) is 6.42. The quantitative estimate of drug-likeness (QED) is 0.774. The molecule has 1 spiro atoms. The number of nitrogens with one attached hydrogen (secondary N) is 1. The number of carbonyl (C=O) groups is 2. The Labute approximate surface area is 109 Å². The van der Waals surface area contributed by atoms with Gasteiger partial charge in [-0.2, -0.15) is 0 Å². The summed E-state index contributed by atoms with van der Waals surface area (Å²) in [6.07, 6.45) is 4.79. The number of nitrogens with zero attached hydrogens (tertiary/aromatic N) is 1. The molecule has 2 fully saturated rings. The molecule has 1 N–H and O–H groups in total. The Morgan fingerprint density at radius 2 is 1.67 bits per heavy atom. The molecule has 2 aliphatic rings. The molecule has 2 amide bonds. The van der Waals surface area contributed by atoms with E-state index >= 15 is 0 Å². The third kappa shape index (κ3) is 1.82. The van der Waals surface area contributed by atoms with Gasteiger partial charge in [-0.25, -0.2) is 0 Å². The minimum Gasteiger partial charge on any atom is -0.340 e. The maximum Gasteiger partial charge on any atom is 0.249 e. The van der Waals surface area contributed by atoms with Gasteiger partial charge in [0.05, 0.1) is 0 Å². The topological polar surface area (TPSA) is 49.4 Å². The minimum absolute atomic E-state index is 0.0160. The van der Waals surface area contributed by atoms with E-state index in [4.69, 9.17) is 0 Å². The van der Waals surface area contributed by atoms with Gasteiger partial charge in [-0.15, -0.1) is 0 Å². The van der Waals surface area contributed by atoms with E-state index in [2.05, 4.69) is 5.32 Å². The van der Waals surface area contributed by atoms with Gasteiger partial charge in [0, 0.05) is 6.04 Å². The largest absolute Gasteiger partial charge is 0.340 e. The van der Waals surface area contributed by atoms with Gasteiger partial charge in [-0.3, -0.25) is 9.59 Å². The van der Waals surface area contributed by atoms with Gasteiger partial charge in [0.2, 0.25) is 11.8 Å². The molecule has 4 nitrogen and oxygen atoms in total. The third-order valence-electron chi connectivity index (χ3n) is 4.36. The van der Waals surface area contributed by atoms with Gasteiger partial charge in [0.25, 0.3) is 0 Å². The van der Waals surface area contributed by atoms with Gasteiger partial charge in [-0.05, 0) is 40.5 Å². The van der Waals surface area contributed by atoms with E-state index in [1.165, 1.54) is 0 Å². The maximum atomic E-state index is 12.8. The second kappa shape index (κ2) is 4.25. The Hall–Kier alpha value is -1.06. The standard InChI is InChI=1S/C14H24N2O2/c1-10(2)16-12(18)14(8-6-5-7-9-14)15-11(17)13(16,3)4/h10H,5-9H2,1-4H3,(H,15,17). The highest BCUT2D eigenvalue weighted by atomic mass is 16.2. The summed E-state index contributed by atoms with van der Waals surface area (Å²) in [4.78, 5) is 26.9. The van der Waals surface area contributed by atoms with Crippen molar-refractivity contribution >= 4 is 11.8 Å². The predicted molar refractivity (Wildman–Crippen MR) is 70.0 cm³/mol. The molecule has 102 valence electrons. The lowest BCUT2D eigenvalue weighted by Crippen LogP contribution is -2.75. The van der Waals surface area contributed by atoms with Crippen LogP contribution in [0.15, 0.2) is 0 Å². The molecule has 0 aromatic heterocycles. The van der Waals surface area contributed by atoms with Crippen molar-refractivity contribution in [3.63, 3.8) is 0 Å². The second-order valence-corrected chi connectivity index (χ2v) is 6.42. The summed E-state index contributed by atoms with van der Waals surface area (Å²) in [5.41, 5.74) is -1.36. The van der Waals surface area contributed by atoms with Crippen molar-refractivity contribution in [3.8, 4) is 0 Å². The predicted octanol–water partition coefficient (Wildman–Crippen LogP) is 1.83. The highest BCUT2D eigenvalue weighted by molar-refractivity contribution is 6.02. The number of piperazine rings is 1. The van der Waals surface area contributed by atoms with Crippen LogP contribution < -0.4 is 5.32 Å². The van der Waals surface area contributed by atoms with Crippen molar-refractivity contribution in [2.24, 2.45) is 0 Å². The highest BCUT2D eigenvalue weighted by Gasteiger charge is 2.55. The van der Waals surface area contributed by atoms with Gasteiger partial charge < -0.3 is 10.2 Å². The first kappa shape index (κ1) is 13.4. The Bertz CT molecular complexity index is 368. The van der Waals surface area contributed by atoms with Crippen LogP contribution in [-0.2, 0) is 9.59 Å². The van der Waals surface area contributed by atoms with E-state index in [0.717, 1.165) is 32.1 Å². The maximum absolute atomic E-state index is 12.8. The molecule has 1 aliphatic heterocycles. The van der Waals surface area contributed by atoms with Crippen LogP contribution in [0.3, 0.4) is 0 Å². The summed E-state index contributed by atoms with van der Waals surface area (Å²) in [5, 5.41) is 3.03. The molecule has 0 aromatic rings. The molecule has 18 heavy (non-hydrogen) atoms. The fourth-order valence-electron chi connectivity index (χ4n) is 3.39. The summed E-state index contributed by atoms with van der Waals surface area (Å²) in [6.45, 7) is 7.62. The van der Waals surface area contributed by atoms with E-state index in [9.17, 15) is 9.59 Å². The van der Waals surface area contributed by atoms with Crippen molar-refractivity contribution in [2.75, 3.05) is 0 Å². The van der Waals surface area contributed by atoms with Gasteiger partial charge in [0.15, 0.2) is 0 Å². The van der Waals surface area contributed by atoms with E-state index in [1.807, 2.05) is 27.7 Å². The van der Waals surface area contributed by atoms with Crippen LogP contribution in [0.1, 0.15) is 59.8 Å². The summed E-state index contributed by atoms with van der Waals surface area (Å²) in [5.74, 6) is 0.0968. The van der Waals surface area contributed by atoms with Crippen LogP contribution in [0, 0.1) is 0 Å². The first-order chi connectivity index (χ1) is 8.31. The molecule has 0 unspecified atom stereocenters. The lowest BCUT2D eigenvalue weighted by Gasteiger charge is -2.52. The van der Waals surface area contributed by atoms with Gasteiger partial charge >= 0.3 is 0 Å². The number of amides is 2. The zero-order chi connectivity index (χ0) is 13.6. The van der Waals surface area contributed by atoms with Crippen molar-refractivity contribution < 1.29 is 9.59 Å². The van der Waals surface area contributed by atoms with Crippen molar-refractivity contribution in [1.29, 1.82) is 0 Å². The Morgan fingerprint density at radius 3 is 2.17 bits per heavy atom. The van der Waals surface area contributed by atoms with Crippen LogP contribution in [0.2, 0.25) is 0 Å². The molecule has 0 aromatic carbocycles. The van der Waals surface area contributed by atoms with Crippen LogP contribution in [-0.4, -0.2) is 33.8 Å². The zero-order valence-electron chi connectivity index (χ0n) is 11.9. The van der Waals surface area contributed by atoms with E-state index in [-0.39, 0.29) is 17.9 Å². The van der Waals surface area contributed by atoms with Crippen LogP contribution in [0.4, 0.5) is 0 Å².